The fourth-order valence-corrected chi connectivity index (χ4v) is 2.84. The molecule has 1 aromatic heterocycles. The van der Waals surface area contributed by atoms with Crippen molar-refractivity contribution in [2.75, 3.05) is 18.0 Å². The van der Waals surface area contributed by atoms with Gasteiger partial charge < -0.3 is 10.6 Å². The van der Waals surface area contributed by atoms with E-state index in [1.54, 1.807) is 0 Å². The first-order valence-corrected chi connectivity index (χ1v) is 7.13. The number of aryl methyl sites for hydroxylation is 1. The number of nitrogens with zero attached hydrogens (tertiary/aromatic N) is 2. The number of fused-ring (bicyclic) bond motifs is 1. The highest BCUT2D eigenvalue weighted by molar-refractivity contribution is 5.84. The molecule has 1 saturated heterocycles. The molecule has 0 atom stereocenters. The highest BCUT2D eigenvalue weighted by Gasteiger charge is 2.13. The number of anilines is 1. The third-order valence-electron chi connectivity index (χ3n) is 3.98. The molecule has 19 heavy (non-hydrogen) atoms. The third kappa shape index (κ3) is 2.43. The van der Waals surface area contributed by atoms with Crippen molar-refractivity contribution in [3.63, 3.8) is 0 Å². The Hall–Kier alpha value is -1.61. The zero-order chi connectivity index (χ0) is 13.2. The molecule has 0 amide bonds. The van der Waals surface area contributed by atoms with Gasteiger partial charge in [0.15, 0.2) is 0 Å². The molecule has 0 aliphatic carbocycles. The summed E-state index contributed by atoms with van der Waals surface area (Å²) in [6, 6.07) is 8.57. The Morgan fingerprint density at radius 3 is 2.68 bits per heavy atom. The molecule has 2 N–H and O–H groups in total. The lowest BCUT2D eigenvalue weighted by atomic mass is 10.1. The average Bonchev–Trinajstić information content (AvgIpc) is 2.47. The van der Waals surface area contributed by atoms with Crippen LogP contribution in [-0.4, -0.2) is 18.1 Å². The van der Waals surface area contributed by atoms with Crippen LogP contribution in [0.4, 0.5) is 5.82 Å². The van der Waals surface area contributed by atoms with Crippen molar-refractivity contribution in [2.45, 2.75) is 32.7 Å². The molecule has 1 fully saturated rings. The molecule has 3 nitrogen and oxygen atoms in total. The lowest BCUT2D eigenvalue weighted by Gasteiger charge is -2.28. The van der Waals surface area contributed by atoms with E-state index in [0.29, 0.717) is 6.54 Å². The molecular formula is C16H21N3. The van der Waals surface area contributed by atoms with Gasteiger partial charge >= 0.3 is 0 Å². The van der Waals surface area contributed by atoms with Gasteiger partial charge in [0.05, 0.1) is 5.52 Å². The van der Waals surface area contributed by atoms with E-state index >= 15 is 0 Å². The minimum Gasteiger partial charge on any atom is -0.357 e. The fraction of sp³-hybridized carbons (Fsp3) is 0.438. The molecule has 0 bridgehead atoms. The van der Waals surface area contributed by atoms with E-state index in [1.807, 2.05) is 0 Å². The maximum Gasteiger partial charge on any atom is 0.129 e. The second-order valence-corrected chi connectivity index (χ2v) is 5.40. The topological polar surface area (TPSA) is 42.2 Å². The van der Waals surface area contributed by atoms with E-state index in [9.17, 15) is 0 Å². The van der Waals surface area contributed by atoms with Crippen LogP contribution in [-0.2, 0) is 6.54 Å². The van der Waals surface area contributed by atoms with Crippen molar-refractivity contribution in [3.8, 4) is 0 Å². The van der Waals surface area contributed by atoms with Gasteiger partial charge in [-0.3, -0.25) is 0 Å². The zero-order valence-corrected chi connectivity index (χ0v) is 11.5. The summed E-state index contributed by atoms with van der Waals surface area (Å²) in [6.07, 6.45) is 3.91. The predicted molar refractivity (Wildman–Crippen MR) is 80.4 cm³/mol. The number of hydrogen-bond acceptors (Lipinski definition) is 3. The molecule has 2 aromatic rings. The monoisotopic (exact) mass is 255 g/mol. The van der Waals surface area contributed by atoms with Gasteiger partial charge in [-0.05, 0) is 49.4 Å². The van der Waals surface area contributed by atoms with Crippen LogP contribution in [0.1, 0.15) is 30.4 Å². The van der Waals surface area contributed by atoms with Crippen LogP contribution in [0.15, 0.2) is 24.3 Å². The van der Waals surface area contributed by atoms with Gasteiger partial charge in [0.1, 0.15) is 5.82 Å². The van der Waals surface area contributed by atoms with E-state index < -0.39 is 0 Å². The summed E-state index contributed by atoms with van der Waals surface area (Å²) < 4.78 is 0. The highest BCUT2D eigenvalue weighted by Crippen LogP contribution is 2.25. The van der Waals surface area contributed by atoms with E-state index in [-0.39, 0.29) is 0 Å². The van der Waals surface area contributed by atoms with Crippen LogP contribution in [0, 0.1) is 6.92 Å². The molecule has 100 valence electrons. The van der Waals surface area contributed by atoms with Crippen LogP contribution in [0.2, 0.25) is 0 Å². The predicted octanol–water partition coefficient (Wildman–Crippen LogP) is 2.99. The summed E-state index contributed by atoms with van der Waals surface area (Å²) in [5, 5.41) is 1.23. The van der Waals surface area contributed by atoms with Gasteiger partial charge in [-0.25, -0.2) is 4.98 Å². The van der Waals surface area contributed by atoms with Crippen LogP contribution in [0.25, 0.3) is 10.9 Å². The molecule has 3 heteroatoms. The second kappa shape index (κ2) is 5.17. The first-order valence-electron chi connectivity index (χ1n) is 7.13. The number of nitrogens with two attached hydrogens (primary N) is 1. The minimum absolute atomic E-state index is 0.574. The molecular weight excluding hydrogens is 234 g/mol. The third-order valence-corrected chi connectivity index (χ3v) is 3.98. The van der Waals surface area contributed by atoms with Gasteiger partial charge in [-0.15, -0.1) is 0 Å². The molecule has 1 aromatic carbocycles. The Morgan fingerprint density at radius 1 is 1.16 bits per heavy atom. The first kappa shape index (κ1) is 12.4. The van der Waals surface area contributed by atoms with E-state index in [0.717, 1.165) is 30.0 Å². The summed E-state index contributed by atoms with van der Waals surface area (Å²) in [6.45, 7) is 5.01. The van der Waals surface area contributed by atoms with Crippen LogP contribution in [0.5, 0.6) is 0 Å². The van der Waals surface area contributed by atoms with Gasteiger partial charge in [0.25, 0.3) is 0 Å². The molecule has 0 unspecified atom stereocenters. The quantitative estimate of drug-likeness (QED) is 0.897. The van der Waals surface area contributed by atoms with E-state index in [1.165, 1.54) is 30.2 Å². The van der Waals surface area contributed by atoms with Crippen LogP contribution < -0.4 is 10.6 Å². The molecule has 2 heterocycles. The summed E-state index contributed by atoms with van der Waals surface area (Å²) in [7, 11) is 0. The van der Waals surface area contributed by atoms with Gasteiger partial charge in [0, 0.05) is 25.0 Å². The second-order valence-electron chi connectivity index (χ2n) is 5.40. The van der Waals surface area contributed by atoms with Gasteiger partial charge in [-0.2, -0.15) is 0 Å². The highest BCUT2D eigenvalue weighted by atomic mass is 15.2. The zero-order valence-electron chi connectivity index (χ0n) is 11.5. The van der Waals surface area contributed by atoms with E-state index in [4.69, 9.17) is 10.7 Å². The normalized spacial score (nSPS) is 16.0. The largest absolute Gasteiger partial charge is 0.357 e. The summed E-state index contributed by atoms with van der Waals surface area (Å²) in [5.41, 5.74) is 9.24. The molecule has 3 rings (SSSR count). The van der Waals surface area contributed by atoms with Crippen molar-refractivity contribution in [1.29, 1.82) is 0 Å². The lowest BCUT2D eigenvalue weighted by molar-refractivity contribution is 0.574. The van der Waals surface area contributed by atoms with Gasteiger partial charge in [-0.1, -0.05) is 12.1 Å². The summed E-state index contributed by atoms with van der Waals surface area (Å²) in [5.74, 6) is 1.12. The van der Waals surface area contributed by atoms with Crippen LogP contribution in [0.3, 0.4) is 0 Å². The molecule has 1 aliphatic rings. The van der Waals surface area contributed by atoms with Gasteiger partial charge in [0.2, 0.25) is 0 Å². The SMILES string of the molecule is Cc1cc(N2CCCCC2)nc2cc(CN)ccc12. The molecule has 0 spiro atoms. The average molecular weight is 255 g/mol. The number of piperidine rings is 1. The van der Waals surface area contributed by atoms with Crippen molar-refractivity contribution in [3.05, 3.63) is 35.4 Å². The fourth-order valence-electron chi connectivity index (χ4n) is 2.84. The maximum atomic E-state index is 5.72. The Balaban J connectivity index is 2.05. The Morgan fingerprint density at radius 2 is 1.95 bits per heavy atom. The first-order chi connectivity index (χ1) is 9.28. The summed E-state index contributed by atoms with van der Waals surface area (Å²) >= 11 is 0. The van der Waals surface area contributed by atoms with Crippen LogP contribution >= 0.6 is 0 Å². The number of pyridine rings is 1. The Kier molecular flexibility index (Phi) is 3.38. The Labute approximate surface area is 114 Å². The number of rotatable bonds is 2. The molecule has 1 aliphatic heterocycles. The maximum absolute atomic E-state index is 5.72. The lowest BCUT2D eigenvalue weighted by Crippen LogP contribution is -2.30. The van der Waals surface area contributed by atoms with Crippen molar-refractivity contribution in [2.24, 2.45) is 5.73 Å². The van der Waals surface area contributed by atoms with Crippen molar-refractivity contribution < 1.29 is 0 Å². The van der Waals surface area contributed by atoms with E-state index in [2.05, 4.69) is 36.1 Å². The Bertz CT molecular complexity index is 586. The minimum atomic E-state index is 0.574. The standard InChI is InChI=1S/C16H21N3/c1-12-9-16(19-7-3-2-4-8-19)18-15-10-13(11-17)5-6-14(12)15/h5-6,9-10H,2-4,7-8,11,17H2,1H3. The summed E-state index contributed by atoms with van der Waals surface area (Å²) in [4.78, 5) is 7.25. The molecule has 0 saturated carbocycles. The molecule has 0 radical (unpaired) electrons. The van der Waals surface area contributed by atoms with Crippen molar-refractivity contribution >= 4 is 16.7 Å². The smallest absolute Gasteiger partial charge is 0.129 e. The number of aromatic nitrogens is 1. The van der Waals surface area contributed by atoms with Crippen molar-refractivity contribution in [1.82, 2.24) is 4.98 Å². The number of hydrogen-bond donors (Lipinski definition) is 1. The number of benzene rings is 1.